The van der Waals surface area contributed by atoms with E-state index in [0.29, 0.717) is 17.1 Å². The summed E-state index contributed by atoms with van der Waals surface area (Å²) in [7, 11) is 3.13. The van der Waals surface area contributed by atoms with Crippen LogP contribution in [0, 0.1) is 0 Å². The molecule has 0 aliphatic rings. The molecule has 1 aromatic heterocycles. The molecular weight excluding hydrogens is 400 g/mol. The smallest absolute Gasteiger partial charge is 0.260 e. The van der Waals surface area contributed by atoms with Crippen molar-refractivity contribution in [2.24, 2.45) is 5.10 Å². The Labute approximate surface area is 158 Å². The van der Waals surface area contributed by atoms with E-state index in [1.54, 1.807) is 37.2 Å². The molecule has 0 atom stereocenters. The summed E-state index contributed by atoms with van der Waals surface area (Å²) < 4.78 is 13.1. The average molecular weight is 417 g/mol. The van der Waals surface area contributed by atoms with Gasteiger partial charge in [0.25, 0.3) is 5.91 Å². The quantitative estimate of drug-likeness (QED) is 0.494. The van der Waals surface area contributed by atoms with E-state index < -0.39 is 0 Å². The number of rotatable bonds is 6. The van der Waals surface area contributed by atoms with Crippen LogP contribution in [0.2, 0.25) is 0 Å². The fraction of sp³-hybridized carbons (Fsp3) is 0.167. The molecule has 0 aliphatic heterocycles. The first-order chi connectivity index (χ1) is 12.6. The zero-order valence-electron chi connectivity index (χ0n) is 14.3. The van der Waals surface area contributed by atoms with E-state index >= 15 is 0 Å². The molecule has 3 aromatic rings. The van der Waals surface area contributed by atoms with Crippen molar-refractivity contribution in [1.29, 1.82) is 0 Å². The van der Waals surface area contributed by atoms with Gasteiger partial charge < -0.3 is 14.0 Å². The van der Waals surface area contributed by atoms with Crippen LogP contribution in [-0.2, 0) is 11.3 Å². The van der Waals surface area contributed by atoms with Gasteiger partial charge in [-0.05, 0) is 34.1 Å². The van der Waals surface area contributed by atoms with Crippen molar-refractivity contribution >= 4 is 39.1 Å². The molecule has 26 heavy (non-hydrogen) atoms. The highest BCUT2D eigenvalue weighted by Crippen LogP contribution is 2.31. The summed E-state index contributed by atoms with van der Waals surface area (Å²) in [5, 5.41) is 4.01. The van der Waals surface area contributed by atoms with Gasteiger partial charge in [0, 0.05) is 11.6 Å². The van der Waals surface area contributed by atoms with E-state index in [0.717, 1.165) is 15.5 Å². The van der Waals surface area contributed by atoms with Crippen LogP contribution in [0.25, 0.3) is 11.0 Å². The third-order valence-electron chi connectivity index (χ3n) is 3.74. The number of hydrazone groups is 1. The highest BCUT2D eigenvalue weighted by molar-refractivity contribution is 9.10. The van der Waals surface area contributed by atoms with Crippen molar-refractivity contribution in [3.05, 3.63) is 52.8 Å². The highest BCUT2D eigenvalue weighted by Gasteiger charge is 2.09. The molecule has 0 bridgehead atoms. The Kier molecular flexibility index (Phi) is 5.52. The first-order valence-electron chi connectivity index (χ1n) is 7.75. The zero-order chi connectivity index (χ0) is 18.5. The molecule has 2 aromatic carbocycles. The summed E-state index contributed by atoms with van der Waals surface area (Å²) in [6.07, 6.45) is 3.16. The van der Waals surface area contributed by atoms with Gasteiger partial charge in [0.15, 0.2) is 0 Å². The van der Waals surface area contributed by atoms with E-state index in [2.05, 4.69) is 31.4 Å². The fourth-order valence-corrected chi connectivity index (χ4v) is 3.01. The van der Waals surface area contributed by atoms with Crippen molar-refractivity contribution in [1.82, 2.24) is 15.0 Å². The second-order valence-corrected chi connectivity index (χ2v) is 6.24. The zero-order valence-corrected chi connectivity index (χ0v) is 15.9. The van der Waals surface area contributed by atoms with Gasteiger partial charge in [0.05, 0.1) is 42.3 Å². The van der Waals surface area contributed by atoms with Crippen molar-refractivity contribution in [2.75, 3.05) is 14.2 Å². The van der Waals surface area contributed by atoms with Crippen LogP contribution in [-0.4, -0.2) is 35.9 Å². The molecule has 1 heterocycles. The number of imidazole rings is 1. The van der Waals surface area contributed by atoms with Gasteiger partial charge in [-0.3, -0.25) is 4.79 Å². The molecule has 1 amide bonds. The van der Waals surface area contributed by atoms with E-state index in [1.807, 2.05) is 24.3 Å². The minimum Gasteiger partial charge on any atom is -0.496 e. The number of ether oxygens (including phenoxy) is 2. The number of nitrogens with zero attached hydrogens (tertiary/aromatic N) is 3. The lowest BCUT2D eigenvalue weighted by Crippen LogP contribution is -2.22. The number of para-hydroxylation sites is 2. The van der Waals surface area contributed by atoms with E-state index in [4.69, 9.17) is 9.47 Å². The summed E-state index contributed by atoms with van der Waals surface area (Å²) in [4.78, 5) is 16.4. The number of benzene rings is 2. The molecule has 0 fully saturated rings. The van der Waals surface area contributed by atoms with Crippen LogP contribution in [0.15, 0.2) is 52.3 Å². The van der Waals surface area contributed by atoms with Crippen LogP contribution in [0.1, 0.15) is 5.56 Å². The van der Waals surface area contributed by atoms with Crippen molar-refractivity contribution in [2.45, 2.75) is 6.54 Å². The molecule has 0 saturated heterocycles. The Bertz CT molecular complexity index is 968. The number of hydrogen-bond acceptors (Lipinski definition) is 5. The minimum atomic E-state index is -0.254. The van der Waals surface area contributed by atoms with Gasteiger partial charge in [-0.1, -0.05) is 12.1 Å². The Morgan fingerprint density at radius 2 is 2.04 bits per heavy atom. The second kappa shape index (κ2) is 8.01. The largest absolute Gasteiger partial charge is 0.496 e. The first-order valence-corrected chi connectivity index (χ1v) is 8.55. The lowest BCUT2D eigenvalue weighted by atomic mass is 10.2. The van der Waals surface area contributed by atoms with Gasteiger partial charge >= 0.3 is 0 Å². The van der Waals surface area contributed by atoms with Gasteiger partial charge in [-0.25, -0.2) is 10.4 Å². The maximum absolute atomic E-state index is 12.1. The third-order valence-corrected chi connectivity index (χ3v) is 4.36. The highest BCUT2D eigenvalue weighted by atomic mass is 79.9. The molecule has 1 N–H and O–H groups in total. The van der Waals surface area contributed by atoms with Crippen molar-refractivity contribution in [3.63, 3.8) is 0 Å². The van der Waals surface area contributed by atoms with Gasteiger partial charge in [-0.2, -0.15) is 5.10 Å². The summed E-state index contributed by atoms with van der Waals surface area (Å²) >= 11 is 3.41. The molecule has 0 aliphatic carbocycles. The molecule has 0 radical (unpaired) electrons. The number of carbonyl (C=O) groups excluding carboxylic acids is 1. The number of amides is 1. The summed E-state index contributed by atoms with van der Waals surface area (Å²) in [5.41, 5.74) is 4.96. The van der Waals surface area contributed by atoms with Crippen molar-refractivity contribution in [3.8, 4) is 11.5 Å². The maximum atomic E-state index is 12.1. The van der Waals surface area contributed by atoms with E-state index in [9.17, 15) is 4.79 Å². The Hall–Kier alpha value is -2.87. The minimum absolute atomic E-state index is 0.126. The summed E-state index contributed by atoms with van der Waals surface area (Å²) in [5.74, 6) is 0.981. The number of fused-ring (bicyclic) bond motifs is 1. The normalized spacial score (nSPS) is 11.0. The molecule has 3 rings (SSSR count). The average Bonchev–Trinajstić information content (AvgIpc) is 3.05. The standard InChI is InChI=1S/C18H17BrN4O3/c1-25-16-8-17(26-2)13(19)7-12(16)9-21-22-18(24)10-23-11-20-14-5-3-4-6-15(14)23/h3-9,11H,10H2,1-2H3,(H,22,24)/b21-9+. The van der Waals surface area contributed by atoms with Crippen LogP contribution >= 0.6 is 15.9 Å². The molecule has 8 heteroatoms. The number of hydrogen-bond donors (Lipinski definition) is 1. The Balaban J connectivity index is 1.68. The van der Waals surface area contributed by atoms with Crippen molar-refractivity contribution < 1.29 is 14.3 Å². The molecule has 0 saturated carbocycles. The maximum Gasteiger partial charge on any atom is 0.260 e. The number of carbonyl (C=O) groups is 1. The number of halogens is 1. The Morgan fingerprint density at radius 3 is 2.81 bits per heavy atom. The summed E-state index contributed by atoms with van der Waals surface area (Å²) in [6, 6.07) is 11.2. The molecule has 7 nitrogen and oxygen atoms in total. The molecule has 0 unspecified atom stereocenters. The lowest BCUT2D eigenvalue weighted by molar-refractivity contribution is -0.121. The monoisotopic (exact) mass is 416 g/mol. The van der Waals surface area contributed by atoms with Gasteiger partial charge in [0.2, 0.25) is 0 Å². The third kappa shape index (κ3) is 3.85. The molecule has 0 spiro atoms. The van der Waals surface area contributed by atoms with Crippen LogP contribution in [0.4, 0.5) is 0 Å². The number of aromatic nitrogens is 2. The molecular formula is C18H17BrN4O3. The fourth-order valence-electron chi connectivity index (χ4n) is 2.48. The van der Waals surface area contributed by atoms with Crippen LogP contribution in [0.3, 0.4) is 0 Å². The molecule has 134 valence electrons. The first kappa shape index (κ1) is 17.9. The second-order valence-electron chi connectivity index (χ2n) is 5.38. The predicted octanol–water partition coefficient (Wildman–Crippen LogP) is 2.97. The SMILES string of the molecule is COc1cc(OC)c(/C=N/NC(=O)Cn2cnc3ccccc32)cc1Br. The van der Waals surface area contributed by atoms with Crippen LogP contribution in [0.5, 0.6) is 11.5 Å². The van der Waals surface area contributed by atoms with Gasteiger partial charge in [0.1, 0.15) is 18.0 Å². The van der Waals surface area contributed by atoms with Crippen LogP contribution < -0.4 is 14.9 Å². The summed E-state index contributed by atoms with van der Waals surface area (Å²) in [6.45, 7) is 0.126. The van der Waals surface area contributed by atoms with E-state index in [1.165, 1.54) is 6.21 Å². The number of nitrogens with one attached hydrogen (secondary N) is 1. The predicted molar refractivity (Wildman–Crippen MR) is 103 cm³/mol. The topological polar surface area (TPSA) is 77.7 Å². The van der Waals surface area contributed by atoms with E-state index in [-0.39, 0.29) is 12.5 Å². The van der Waals surface area contributed by atoms with Gasteiger partial charge in [-0.15, -0.1) is 0 Å². The number of methoxy groups -OCH3 is 2. The lowest BCUT2D eigenvalue weighted by Gasteiger charge is -2.09. The Morgan fingerprint density at radius 1 is 1.27 bits per heavy atom.